The van der Waals surface area contributed by atoms with Gasteiger partial charge in [-0.3, -0.25) is 0 Å². The maximum atomic E-state index is 12.9. The number of benzene rings is 1. The van der Waals surface area contributed by atoms with Gasteiger partial charge in [0, 0.05) is 6.42 Å². The second kappa shape index (κ2) is 5.05. The van der Waals surface area contributed by atoms with E-state index in [4.69, 9.17) is 5.11 Å². The van der Waals surface area contributed by atoms with Crippen molar-refractivity contribution in [3.63, 3.8) is 0 Å². The highest BCUT2D eigenvalue weighted by atomic mass is 19.1. The number of hydrogen-bond acceptors (Lipinski definition) is 2. The van der Waals surface area contributed by atoms with Crippen LogP contribution in [0.15, 0.2) is 24.3 Å². The van der Waals surface area contributed by atoms with E-state index >= 15 is 0 Å². The van der Waals surface area contributed by atoms with Crippen LogP contribution >= 0.6 is 0 Å². The molecule has 0 saturated carbocycles. The summed E-state index contributed by atoms with van der Waals surface area (Å²) in [6.07, 6.45) is 4.12. The lowest BCUT2D eigenvalue weighted by atomic mass is 10.1. The molecule has 4 heteroatoms. The van der Waals surface area contributed by atoms with Crippen molar-refractivity contribution in [3.05, 3.63) is 41.2 Å². The Morgan fingerprint density at radius 3 is 2.80 bits per heavy atom. The highest BCUT2D eigenvalue weighted by molar-refractivity contribution is 5.88. The van der Waals surface area contributed by atoms with Crippen molar-refractivity contribution in [1.82, 2.24) is 0 Å². The van der Waals surface area contributed by atoms with Crippen molar-refractivity contribution in [2.45, 2.75) is 6.42 Å². The average Bonchev–Trinajstić information content (AvgIpc) is 2.20. The van der Waals surface area contributed by atoms with E-state index in [0.29, 0.717) is 5.56 Å². The molecule has 1 aromatic rings. The van der Waals surface area contributed by atoms with Crippen LogP contribution in [-0.2, 0) is 4.79 Å². The number of aldehydes is 1. The van der Waals surface area contributed by atoms with Crippen molar-refractivity contribution < 1.29 is 19.1 Å². The molecule has 15 heavy (non-hydrogen) atoms. The third-order valence-corrected chi connectivity index (χ3v) is 1.76. The van der Waals surface area contributed by atoms with Crippen molar-refractivity contribution in [2.75, 3.05) is 0 Å². The zero-order valence-electron chi connectivity index (χ0n) is 7.81. The average molecular weight is 208 g/mol. The first-order valence-corrected chi connectivity index (χ1v) is 4.28. The van der Waals surface area contributed by atoms with Gasteiger partial charge in [-0.15, -0.1) is 0 Å². The minimum absolute atomic E-state index is 0.250. The first-order valence-electron chi connectivity index (χ1n) is 4.28. The lowest BCUT2D eigenvalue weighted by molar-refractivity contribution is -0.107. The molecule has 1 aromatic carbocycles. The molecule has 0 aliphatic heterocycles. The minimum Gasteiger partial charge on any atom is -0.478 e. The monoisotopic (exact) mass is 208 g/mol. The predicted octanol–water partition coefficient (Wildman–Crippen LogP) is 2.13. The fraction of sp³-hybridized carbons (Fsp3) is 0.0909. The van der Waals surface area contributed by atoms with Crippen LogP contribution in [-0.4, -0.2) is 17.4 Å². The highest BCUT2D eigenvalue weighted by Gasteiger charge is 2.09. The van der Waals surface area contributed by atoms with Crippen LogP contribution in [0.2, 0.25) is 0 Å². The van der Waals surface area contributed by atoms with Crippen molar-refractivity contribution in [3.8, 4) is 0 Å². The van der Waals surface area contributed by atoms with Gasteiger partial charge in [0.15, 0.2) is 0 Å². The molecule has 0 aliphatic carbocycles. The Bertz CT molecular complexity index is 410. The Morgan fingerprint density at radius 1 is 1.47 bits per heavy atom. The predicted molar refractivity (Wildman–Crippen MR) is 53.1 cm³/mol. The first kappa shape index (κ1) is 11.1. The first-order chi connectivity index (χ1) is 7.15. The summed E-state index contributed by atoms with van der Waals surface area (Å²) in [6.45, 7) is 0. The zero-order valence-corrected chi connectivity index (χ0v) is 7.81. The lowest BCUT2D eigenvalue weighted by Gasteiger charge is -1.98. The smallest absolute Gasteiger partial charge is 0.338 e. The van der Waals surface area contributed by atoms with E-state index in [1.54, 1.807) is 12.2 Å². The maximum Gasteiger partial charge on any atom is 0.338 e. The Hall–Kier alpha value is -1.97. The second-order valence-electron chi connectivity index (χ2n) is 2.85. The van der Waals surface area contributed by atoms with Crippen molar-refractivity contribution >= 4 is 18.3 Å². The van der Waals surface area contributed by atoms with E-state index in [0.717, 1.165) is 12.4 Å². The minimum atomic E-state index is -1.31. The number of carbonyl (C=O) groups is 2. The quantitative estimate of drug-likeness (QED) is 0.771. The topological polar surface area (TPSA) is 54.4 Å². The zero-order chi connectivity index (χ0) is 11.3. The van der Waals surface area contributed by atoms with Crippen LogP contribution in [0.25, 0.3) is 6.08 Å². The molecule has 0 amide bonds. The summed E-state index contributed by atoms with van der Waals surface area (Å²) >= 11 is 0. The standard InChI is InChI=1S/C11H9FO3/c12-10-5-4-8(3-1-2-6-13)7-9(10)11(14)15/h1,3-7H,2H2,(H,14,15). The lowest BCUT2D eigenvalue weighted by Crippen LogP contribution is -2.00. The van der Waals surface area contributed by atoms with Crippen molar-refractivity contribution in [2.24, 2.45) is 0 Å². The molecule has 0 unspecified atom stereocenters. The summed E-state index contributed by atoms with van der Waals surface area (Å²) in [5, 5.41) is 8.64. The van der Waals surface area contributed by atoms with Gasteiger partial charge in [-0.1, -0.05) is 18.2 Å². The van der Waals surface area contributed by atoms with E-state index in [2.05, 4.69) is 0 Å². The number of hydrogen-bond donors (Lipinski definition) is 1. The van der Waals surface area contributed by atoms with Crippen LogP contribution in [0, 0.1) is 5.82 Å². The molecule has 0 spiro atoms. The number of carboxylic acid groups (broad SMARTS) is 1. The van der Waals surface area contributed by atoms with Crippen LogP contribution in [0.5, 0.6) is 0 Å². The maximum absolute atomic E-state index is 12.9. The number of rotatable bonds is 4. The highest BCUT2D eigenvalue weighted by Crippen LogP contribution is 2.12. The number of carboxylic acids is 1. The van der Waals surface area contributed by atoms with Gasteiger partial charge in [-0.05, 0) is 17.7 Å². The molecule has 78 valence electrons. The van der Waals surface area contributed by atoms with E-state index in [-0.39, 0.29) is 12.0 Å². The van der Waals surface area contributed by atoms with Crippen LogP contribution in [0.4, 0.5) is 4.39 Å². The molecule has 0 atom stereocenters. The molecule has 0 bridgehead atoms. The normalized spacial score (nSPS) is 10.5. The van der Waals surface area contributed by atoms with Crippen LogP contribution < -0.4 is 0 Å². The van der Waals surface area contributed by atoms with Gasteiger partial charge in [0.25, 0.3) is 0 Å². The molecule has 1 N–H and O–H groups in total. The van der Waals surface area contributed by atoms with Gasteiger partial charge in [0.05, 0.1) is 5.56 Å². The van der Waals surface area contributed by atoms with Gasteiger partial charge in [-0.2, -0.15) is 0 Å². The number of aromatic carboxylic acids is 1. The summed E-state index contributed by atoms with van der Waals surface area (Å²) in [6, 6.07) is 3.76. The molecule has 0 aliphatic rings. The molecule has 0 radical (unpaired) electrons. The third kappa shape index (κ3) is 3.02. The molecule has 0 saturated heterocycles. The Labute approximate surface area is 85.8 Å². The number of allylic oxidation sites excluding steroid dienone is 1. The largest absolute Gasteiger partial charge is 0.478 e. The molecule has 1 rings (SSSR count). The summed E-state index contributed by atoms with van der Waals surface area (Å²) in [5.41, 5.74) is 0.180. The molecule has 0 fully saturated rings. The molecular formula is C11H9FO3. The van der Waals surface area contributed by atoms with Gasteiger partial charge in [0.1, 0.15) is 12.1 Å². The molecule has 0 heterocycles. The van der Waals surface area contributed by atoms with E-state index in [1.807, 2.05) is 0 Å². The number of carbonyl (C=O) groups excluding carboxylic acids is 1. The number of halogens is 1. The van der Waals surface area contributed by atoms with Gasteiger partial charge in [0.2, 0.25) is 0 Å². The fourth-order valence-electron chi connectivity index (χ4n) is 1.07. The van der Waals surface area contributed by atoms with E-state index < -0.39 is 11.8 Å². The Morgan fingerprint density at radius 2 is 2.20 bits per heavy atom. The van der Waals surface area contributed by atoms with E-state index in [9.17, 15) is 14.0 Å². The van der Waals surface area contributed by atoms with Gasteiger partial charge >= 0.3 is 5.97 Å². The summed E-state index contributed by atoms with van der Waals surface area (Å²) in [4.78, 5) is 20.6. The summed E-state index contributed by atoms with van der Waals surface area (Å²) in [7, 11) is 0. The Kier molecular flexibility index (Phi) is 3.74. The second-order valence-corrected chi connectivity index (χ2v) is 2.85. The summed E-state index contributed by atoms with van der Waals surface area (Å²) in [5.74, 6) is -2.08. The SMILES string of the molecule is O=CCC=Cc1ccc(F)c(C(=O)O)c1. The third-order valence-electron chi connectivity index (χ3n) is 1.76. The molecule has 3 nitrogen and oxygen atoms in total. The van der Waals surface area contributed by atoms with Crippen LogP contribution in [0.3, 0.4) is 0 Å². The molecule has 0 aromatic heterocycles. The molecular weight excluding hydrogens is 199 g/mol. The Balaban J connectivity index is 2.97. The van der Waals surface area contributed by atoms with Crippen LogP contribution in [0.1, 0.15) is 22.3 Å². The van der Waals surface area contributed by atoms with Gasteiger partial charge in [-0.25, -0.2) is 9.18 Å². The van der Waals surface area contributed by atoms with Crippen molar-refractivity contribution in [1.29, 1.82) is 0 Å². The fourth-order valence-corrected chi connectivity index (χ4v) is 1.07. The van der Waals surface area contributed by atoms with Gasteiger partial charge < -0.3 is 9.90 Å². The van der Waals surface area contributed by atoms with E-state index in [1.165, 1.54) is 12.1 Å². The summed E-state index contributed by atoms with van der Waals surface area (Å²) < 4.78 is 12.9.